The molecule has 0 saturated carbocycles. The van der Waals surface area contributed by atoms with Crippen LogP contribution in [0.4, 0.5) is 0 Å². The van der Waals surface area contributed by atoms with Crippen molar-refractivity contribution in [3.8, 4) is 0 Å². The molecule has 1 saturated heterocycles. The zero-order valence-corrected chi connectivity index (χ0v) is 10.3. The molecule has 0 aromatic rings. The number of rotatable bonds is 6. The molecule has 1 rings (SSSR count). The maximum Gasteiger partial charge on any atom is 0.229 e. The summed E-state index contributed by atoms with van der Waals surface area (Å²) in [6, 6.07) is 0.363. The third-order valence-corrected chi connectivity index (χ3v) is 2.91. The minimum absolute atomic E-state index is 0.000980. The predicted octanol–water partition coefficient (Wildman–Crippen LogP) is 1.30. The number of imide groups is 1. The van der Waals surface area contributed by atoms with Crippen LogP contribution in [0.3, 0.4) is 0 Å². The van der Waals surface area contributed by atoms with Gasteiger partial charge in [0, 0.05) is 25.4 Å². The van der Waals surface area contributed by atoms with Crippen molar-refractivity contribution in [1.29, 1.82) is 0 Å². The highest BCUT2D eigenvalue weighted by molar-refractivity contribution is 5.97. The lowest BCUT2D eigenvalue weighted by Crippen LogP contribution is -2.42. The van der Waals surface area contributed by atoms with E-state index in [1.807, 2.05) is 0 Å². The number of carbonyl (C=O) groups is 2. The molecule has 0 radical (unpaired) electrons. The Bertz CT molecular complexity index is 237. The average Bonchev–Trinajstić information content (AvgIpc) is 2.25. The van der Waals surface area contributed by atoms with Gasteiger partial charge in [-0.05, 0) is 32.7 Å². The Morgan fingerprint density at radius 1 is 1.31 bits per heavy atom. The van der Waals surface area contributed by atoms with E-state index in [9.17, 15) is 9.59 Å². The molecule has 1 aliphatic heterocycles. The monoisotopic (exact) mass is 226 g/mol. The first-order valence-corrected chi connectivity index (χ1v) is 6.21. The lowest BCUT2D eigenvalue weighted by atomic mass is 10.1. The fraction of sp³-hybridized carbons (Fsp3) is 0.833. The highest BCUT2D eigenvalue weighted by Gasteiger charge is 2.25. The molecular formula is C12H22N2O2. The molecule has 4 nitrogen and oxygen atoms in total. The van der Waals surface area contributed by atoms with Gasteiger partial charge in [-0.3, -0.25) is 14.5 Å². The van der Waals surface area contributed by atoms with Crippen molar-refractivity contribution >= 4 is 11.8 Å². The third-order valence-electron chi connectivity index (χ3n) is 2.91. The summed E-state index contributed by atoms with van der Waals surface area (Å²) in [6.45, 7) is 5.77. The molecule has 1 N–H and O–H groups in total. The van der Waals surface area contributed by atoms with Gasteiger partial charge in [-0.2, -0.15) is 0 Å². The fourth-order valence-electron chi connectivity index (χ4n) is 1.86. The Morgan fingerprint density at radius 3 is 2.50 bits per heavy atom. The number of nitrogens with zero attached hydrogens (tertiary/aromatic N) is 1. The van der Waals surface area contributed by atoms with E-state index in [2.05, 4.69) is 19.2 Å². The topological polar surface area (TPSA) is 49.4 Å². The molecule has 0 spiro atoms. The summed E-state index contributed by atoms with van der Waals surface area (Å²) < 4.78 is 0. The summed E-state index contributed by atoms with van der Waals surface area (Å²) in [7, 11) is 0. The maximum atomic E-state index is 11.5. The van der Waals surface area contributed by atoms with Crippen LogP contribution in [-0.2, 0) is 9.59 Å². The van der Waals surface area contributed by atoms with Gasteiger partial charge in [0.2, 0.25) is 11.8 Å². The smallest absolute Gasteiger partial charge is 0.229 e. The Hall–Kier alpha value is -0.900. The zero-order valence-electron chi connectivity index (χ0n) is 10.3. The molecule has 92 valence electrons. The van der Waals surface area contributed by atoms with Crippen LogP contribution in [0.15, 0.2) is 0 Å². The number of amides is 2. The molecule has 0 aromatic heterocycles. The normalized spacial score (nSPS) is 19.0. The second-order valence-corrected chi connectivity index (χ2v) is 4.44. The first kappa shape index (κ1) is 13.2. The van der Waals surface area contributed by atoms with Crippen LogP contribution in [0.1, 0.15) is 46.0 Å². The summed E-state index contributed by atoms with van der Waals surface area (Å²) in [5.41, 5.74) is 0. The maximum absolute atomic E-state index is 11.5. The molecule has 1 atom stereocenters. The van der Waals surface area contributed by atoms with E-state index in [1.54, 1.807) is 0 Å². The van der Waals surface area contributed by atoms with Gasteiger partial charge in [0.15, 0.2) is 0 Å². The van der Waals surface area contributed by atoms with Crippen LogP contribution in [0, 0.1) is 0 Å². The van der Waals surface area contributed by atoms with E-state index >= 15 is 0 Å². The van der Waals surface area contributed by atoms with Crippen LogP contribution in [0.5, 0.6) is 0 Å². The van der Waals surface area contributed by atoms with Crippen LogP contribution in [0.25, 0.3) is 0 Å². The third kappa shape index (κ3) is 3.93. The Balaban J connectivity index is 2.29. The number of likely N-dealkylation sites (tertiary alicyclic amines) is 1. The van der Waals surface area contributed by atoms with Crippen LogP contribution in [0.2, 0.25) is 0 Å². The van der Waals surface area contributed by atoms with Crippen LogP contribution < -0.4 is 5.32 Å². The summed E-state index contributed by atoms with van der Waals surface area (Å²) in [6.07, 6.45) is 3.73. The molecule has 1 heterocycles. The van der Waals surface area contributed by atoms with Crippen molar-refractivity contribution in [3.63, 3.8) is 0 Å². The Morgan fingerprint density at radius 2 is 1.94 bits per heavy atom. The van der Waals surface area contributed by atoms with Crippen molar-refractivity contribution in [2.75, 3.05) is 13.1 Å². The summed E-state index contributed by atoms with van der Waals surface area (Å²) >= 11 is 0. The highest BCUT2D eigenvalue weighted by Crippen LogP contribution is 2.12. The molecule has 2 amide bonds. The standard InChI is InChI=1S/C12H22N2O2/c1-3-8-13-10(2)7-9-14-11(15)5-4-6-12(14)16/h10,13H,3-9H2,1-2H3. The van der Waals surface area contributed by atoms with Crippen LogP contribution in [-0.4, -0.2) is 35.8 Å². The van der Waals surface area contributed by atoms with Gasteiger partial charge in [-0.25, -0.2) is 0 Å². The molecule has 0 aliphatic carbocycles. The summed E-state index contributed by atoms with van der Waals surface area (Å²) in [4.78, 5) is 24.5. The van der Waals surface area contributed by atoms with Crippen molar-refractivity contribution < 1.29 is 9.59 Å². The lowest BCUT2D eigenvalue weighted by Gasteiger charge is -2.26. The van der Waals surface area contributed by atoms with Crippen molar-refractivity contribution in [1.82, 2.24) is 10.2 Å². The SMILES string of the molecule is CCCNC(C)CCN1C(=O)CCCC1=O. The number of nitrogens with one attached hydrogen (secondary N) is 1. The second-order valence-electron chi connectivity index (χ2n) is 4.44. The van der Waals surface area contributed by atoms with Gasteiger partial charge in [-0.15, -0.1) is 0 Å². The fourth-order valence-corrected chi connectivity index (χ4v) is 1.86. The van der Waals surface area contributed by atoms with Crippen molar-refractivity contribution in [2.24, 2.45) is 0 Å². The first-order chi connectivity index (χ1) is 7.65. The van der Waals surface area contributed by atoms with Gasteiger partial charge in [0.05, 0.1) is 0 Å². The molecule has 1 unspecified atom stereocenters. The van der Waals surface area contributed by atoms with E-state index in [-0.39, 0.29) is 11.8 Å². The van der Waals surface area contributed by atoms with Gasteiger partial charge < -0.3 is 5.32 Å². The average molecular weight is 226 g/mol. The second kappa shape index (κ2) is 6.63. The number of hydrogen-bond donors (Lipinski definition) is 1. The molecular weight excluding hydrogens is 204 g/mol. The van der Waals surface area contributed by atoms with Gasteiger partial charge in [-0.1, -0.05) is 6.92 Å². The number of piperidine rings is 1. The van der Waals surface area contributed by atoms with Crippen LogP contribution >= 0.6 is 0 Å². The Kier molecular flexibility index (Phi) is 5.46. The highest BCUT2D eigenvalue weighted by atomic mass is 16.2. The van der Waals surface area contributed by atoms with Crippen molar-refractivity contribution in [3.05, 3.63) is 0 Å². The molecule has 16 heavy (non-hydrogen) atoms. The minimum atomic E-state index is -0.000980. The number of hydrogen-bond acceptors (Lipinski definition) is 3. The predicted molar refractivity (Wildman–Crippen MR) is 62.9 cm³/mol. The van der Waals surface area contributed by atoms with E-state index in [0.717, 1.165) is 25.8 Å². The van der Waals surface area contributed by atoms with Gasteiger partial charge in [0.25, 0.3) is 0 Å². The first-order valence-electron chi connectivity index (χ1n) is 6.21. The van der Waals surface area contributed by atoms with E-state index in [1.165, 1.54) is 4.90 Å². The van der Waals surface area contributed by atoms with Gasteiger partial charge >= 0.3 is 0 Å². The lowest BCUT2D eigenvalue weighted by molar-refractivity contribution is -0.148. The minimum Gasteiger partial charge on any atom is -0.314 e. The summed E-state index contributed by atoms with van der Waals surface area (Å²) in [5.74, 6) is -0.00196. The molecule has 0 aromatic carbocycles. The molecule has 1 fully saturated rings. The Labute approximate surface area is 97.4 Å². The van der Waals surface area contributed by atoms with E-state index in [0.29, 0.717) is 25.4 Å². The molecule has 1 aliphatic rings. The zero-order chi connectivity index (χ0) is 12.0. The number of carbonyl (C=O) groups excluding carboxylic acids is 2. The largest absolute Gasteiger partial charge is 0.314 e. The quantitative estimate of drug-likeness (QED) is 0.695. The van der Waals surface area contributed by atoms with Gasteiger partial charge in [0.1, 0.15) is 0 Å². The van der Waals surface area contributed by atoms with E-state index < -0.39 is 0 Å². The molecule has 0 bridgehead atoms. The summed E-state index contributed by atoms with van der Waals surface area (Å²) in [5, 5.41) is 3.35. The van der Waals surface area contributed by atoms with Crippen molar-refractivity contribution in [2.45, 2.75) is 52.0 Å². The molecule has 4 heteroatoms. The van der Waals surface area contributed by atoms with E-state index in [4.69, 9.17) is 0 Å².